The number of aryl methyl sites for hydroxylation is 1. The molecule has 5 nitrogen and oxygen atoms in total. The predicted octanol–water partition coefficient (Wildman–Crippen LogP) is 2.92. The van der Waals surface area contributed by atoms with Gasteiger partial charge < -0.3 is 19.5 Å². The number of amides is 1. The molecule has 0 spiro atoms. The Kier molecular flexibility index (Phi) is 4.37. The predicted molar refractivity (Wildman–Crippen MR) is 86.1 cm³/mol. The number of rotatable bonds is 5. The van der Waals surface area contributed by atoms with Crippen LogP contribution in [0.5, 0.6) is 17.2 Å². The summed E-state index contributed by atoms with van der Waals surface area (Å²) in [7, 11) is 1.57. The molecule has 1 N–H and O–H groups in total. The summed E-state index contributed by atoms with van der Waals surface area (Å²) in [4.78, 5) is 12.5. The van der Waals surface area contributed by atoms with E-state index in [1.165, 1.54) is 0 Å². The van der Waals surface area contributed by atoms with Crippen LogP contribution in [0.25, 0.3) is 0 Å². The number of carbonyl (C=O) groups excluding carboxylic acids is 1. The second kappa shape index (κ2) is 6.60. The van der Waals surface area contributed by atoms with Gasteiger partial charge in [0.25, 0.3) is 5.91 Å². The van der Waals surface area contributed by atoms with Crippen LogP contribution in [0.15, 0.2) is 36.4 Å². The summed E-state index contributed by atoms with van der Waals surface area (Å²) in [5, 5.41) is 2.92. The summed E-state index contributed by atoms with van der Waals surface area (Å²) in [6, 6.07) is 11.3. The molecule has 0 atom stereocenters. The fraction of sp³-hybridized carbons (Fsp3) is 0.278. The molecule has 0 saturated heterocycles. The van der Waals surface area contributed by atoms with E-state index in [1.54, 1.807) is 7.11 Å². The Morgan fingerprint density at radius 2 is 1.91 bits per heavy atom. The number of ether oxygens (including phenoxy) is 3. The van der Waals surface area contributed by atoms with Crippen molar-refractivity contribution in [1.82, 2.24) is 5.32 Å². The molecule has 0 bridgehead atoms. The Hall–Kier alpha value is -2.69. The van der Waals surface area contributed by atoms with Gasteiger partial charge in [0.15, 0.2) is 11.5 Å². The number of fused-ring (bicyclic) bond motifs is 1. The first-order valence-corrected chi connectivity index (χ1v) is 7.55. The lowest BCUT2D eigenvalue weighted by Gasteiger charge is -2.11. The van der Waals surface area contributed by atoms with Crippen LogP contribution in [0.1, 0.15) is 28.4 Å². The van der Waals surface area contributed by atoms with E-state index in [-0.39, 0.29) is 12.7 Å². The Bertz CT molecular complexity index is 727. The summed E-state index contributed by atoms with van der Waals surface area (Å²) < 4.78 is 15.9. The normalized spacial score (nSPS) is 12.1. The molecule has 0 aromatic heterocycles. The zero-order valence-electron chi connectivity index (χ0n) is 13.2. The third-order valence-electron chi connectivity index (χ3n) is 3.81. The van der Waals surface area contributed by atoms with Crippen molar-refractivity contribution in [3.8, 4) is 17.2 Å². The molecular weight excluding hydrogens is 294 g/mol. The van der Waals surface area contributed by atoms with Crippen LogP contribution in [-0.2, 0) is 13.0 Å². The second-order valence-corrected chi connectivity index (χ2v) is 5.26. The lowest BCUT2D eigenvalue weighted by molar-refractivity contribution is 0.0947. The molecule has 1 aliphatic rings. The van der Waals surface area contributed by atoms with Gasteiger partial charge in [0, 0.05) is 6.54 Å². The summed E-state index contributed by atoms with van der Waals surface area (Å²) in [5.41, 5.74) is 2.60. The van der Waals surface area contributed by atoms with Crippen molar-refractivity contribution in [3.05, 3.63) is 53.1 Å². The number of nitrogens with one attached hydrogen (secondary N) is 1. The fourth-order valence-corrected chi connectivity index (χ4v) is 2.48. The lowest BCUT2D eigenvalue weighted by atomic mass is 10.1. The summed E-state index contributed by atoms with van der Waals surface area (Å²) in [6.45, 7) is 2.71. The van der Waals surface area contributed by atoms with Crippen molar-refractivity contribution >= 4 is 5.91 Å². The van der Waals surface area contributed by atoms with Gasteiger partial charge in [-0.1, -0.05) is 19.1 Å². The third-order valence-corrected chi connectivity index (χ3v) is 3.81. The number of methoxy groups -OCH3 is 1. The minimum atomic E-state index is -0.158. The number of hydrogen-bond acceptors (Lipinski definition) is 4. The zero-order valence-corrected chi connectivity index (χ0v) is 13.2. The summed E-state index contributed by atoms with van der Waals surface area (Å²) in [6.07, 6.45) is 0.867. The average Bonchev–Trinajstić information content (AvgIpc) is 3.06. The maximum atomic E-state index is 12.5. The van der Waals surface area contributed by atoms with Gasteiger partial charge in [-0.2, -0.15) is 0 Å². The van der Waals surface area contributed by atoms with E-state index < -0.39 is 0 Å². The molecule has 1 amide bonds. The van der Waals surface area contributed by atoms with Gasteiger partial charge in [0.2, 0.25) is 6.79 Å². The standard InChI is InChI=1S/C18H19NO4/c1-3-12-4-6-15(21-2)14(8-12)18(20)19-10-13-5-7-16-17(9-13)23-11-22-16/h4-9H,3,10-11H2,1-2H3,(H,19,20). The maximum Gasteiger partial charge on any atom is 0.255 e. The molecule has 0 saturated carbocycles. The smallest absolute Gasteiger partial charge is 0.255 e. The van der Waals surface area contributed by atoms with E-state index in [1.807, 2.05) is 36.4 Å². The quantitative estimate of drug-likeness (QED) is 0.922. The van der Waals surface area contributed by atoms with Crippen LogP contribution in [0.2, 0.25) is 0 Å². The van der Waals surface area contributed by atoms with E-state index in [4.69, 9.17) is 14.2 Å². The van der Waals surface area contributed by atoms with Crippen molar-refractivity contribution in [2.24, 2.45) is 0 Å². The number of hydrogen-bond donors (Lipinski definition) is 1. The van der Waals surface area contributed by atoms with Crippen molar-refractivity contribution in [1.29, 1.82) is 0 Å². The molecule has 2 aromatic carbocycles. The highest BCUT2D eigenvalue weighted by Gasteiger charge is 2.15. The molecule has 2 aromatic rings. The average molecular weight is 313 g/mol. The van der Waals surface area contributed by atoms with Gasteiger partial charge in [0.1, 0.15) is 5.75 Å². The van der Waals surface area contributed by atoms with Gasteiger partial charge in [-0.3, -0.25) is 4.79 Å². The van der Waals surface area contributed by atoms with Crippen LogP contribution >= 0.6 is 0 Å². The van der Waals surface area contributed by atoms with Gasteiger partial charge in [-0.15, -0.1) is 0 Å². The molecule has 120 valence electrons. The maximum absolute atomic E-state index is 12.5. The molecule has 1 heterocycles. The van der Waals surface area contributed by atoms with E-state index >= 15 is 0 Å². The molecule has 23 heavy (non-hydrogen) atoms. The largest absolute Gasteiger partial charge is 0.496 e. The van der Waals surface area contributed by atoms with E-state index in [0.29, 0.717) is 23.6 Å². The first-order chi connectivity index (χ1) is 11.2. The minimum Gasteiger partial charge on any atom is -0.496 e. The monoisotopic (exact) mass is 313 g/mol. The van der Waals surface area contributed by atoms with Crippen molar-refractivity contribution in [2.75, 3.05) is 13.9 Å². The van der Waals surface area contributed by atoms with Crippen molar-refractivity contribution < 1.29 is 19.0 Å². The molecule has 0 radical (unpaired) electrons. The van der Waals surface area contributed by atoms with Gasteiger partial charge in [-0.25, -0.2) is 0 Å². The van der Waals surface area contributed by atoms with Crippen LogP contribution < -0.4 is 19.5 Å². The first-order valence-electron chi connectivity index (χ1n) is 7.55. The Labute approximate surface area is 135 Å². The lowest BCUT2D eigenvalue weighted by Crippen LogP contribution is -2.23. The third kappa shape index (κ3) is 3.23. The molecule has 1 aliphatic heterocycles. The topological polar surface area (TPSA) is 56.8 Å². The van der Waals surface area contributed by atoms with E-state index in [0.717, 1.165) is 23.3 Å². The fourth-order valence-electron chi connectivity index (χ4n) is 2.48. The molecular formula is C18H19NO4. The van der Waals surface area contributed by atoms with Crippen LogP contribution in [0, 0.1) is 0 Å². The van der Waals surface area contributed by atoms with Gasteiger partial charge in [0.05, 0.1) is 12.7 Å². The second-order valence-electron chi connectivity index (χ2n) is 5.26. The zero-order chi connectivity index (χ0) is 16.2. The van der Waals surface area contributed by atoms with Gasteiger partial charge in [-0.05, 0) is 41.8 Å². The first kappa shape index (κ1) is 15.2. The highest BCUT2D eigenvalue weighted by Crippen LogP contribution is 2.32. The molecule has 0 aliphatic carbocycles. The summed E-state index contributed by atoms with van der Waals surface area (Å²) >= 11 is 0. The molecule has 0 unspecified atom stereocenters. The molecule has 0 fully saturated rings. The van der Waals surface area contributed by atoms with Gasteiger partial charge >= 0.3 is 0 Å². The highest BCUT2D eigenvalue weighted by atomic mass is 16.7. The van der Waals surface area contributed by atoms with E-state index in [2.05, 4.69) is 12.2 Å². The Morgan fingerprint density at radius 3 is 2.70 bits per heavy atom. The van der Waals surface area contributed by atoms with Crippen molar-refractivity contribution in [3.63, 3.8) is 0 Å². The van der Waals surface area contributed by atoms with Crippen LogP contribution in [0.3, 0.4) is 0 Å². The molecule has 5 heteroatoms. The van der Waals surface area contributed by atoms with Crippen LogP contribution in [0.4, 0.5) is 0 Å². The Balaban J connectivity index is 1.72. The number of benzene rings is 2. The minimum absolute atomic E-state index is 0.158. The highest BCUT2D eigenvalue weighted by molar-refractivity contribution is 5.97. The number of carbonyl (C=O) groups is 1. The Morgan fingerprint density at radius 1 is 1.13 bits per heavy atom. The van der Waals surface area contributed by atoms with Crippen LogP contribution in [-0.4, -0.2) is 19.8 Å². The van der Waals surface area contributed by atoms with E-state index in [9.17, 15) is 4.79 Å². The molecule has 3 rings (SSSR count). The summed E-state index contributed by atoms with van der Waals surface area (Å²) in [5.74, 6) is 1.86. The SMILES string of the molecule is CCc1ccc(OC)c(C(=O)NCc2ccc3c(c2)OCO3)c1. The van der Waals surface area contributed by atoms with Crippen molar-refractivity contribution in [2.45, 2.75) is 19.9 Å².